The molecule has 0 radical (unpaired) electrons. The summed E-state index contributed by atoms with van der Waals surface area (Å²) in [6, 6.07) is 13.3. The van der Waals surface area contributed by atoms with Gasteiger partial charge in [0.05, 0.1) is 16.5 Å². The third kappa shape index (κ3) is 6.06. The predicted molar refractivity (Wildman–Crippen MR) is 129 cm³/mol. The van der Waals surface area contributed by atoms with Gasteiger partial charge < -0.3 is 9.46 Å². The maximum Gasteiger partial charge on any atom is 0.142 e. The van der Waals surface area contributed by atoms with Crippen molar-refractivity contribution in [1.29, 1.82) is 0 Å². The molecule has 1 unspecified atom stereocenters. The van der Waals surface area contributed by atoms with Gasteiger partial charge in [-0.1, -0.05) is 48.0 Å². The number of thioether (sulfide) groups is 1. The summed E-state index contributed by atoms with van der Waals surface area (Å²) in [4.78, 5) is 4.21. The number of allylic oxidation sites excluding steroid dienone is 1. The van der Waals surface area contributed by atoms with Gasteiger partial charge in [0.2, 0.25) is 0 Å². The van der Waals surface area contributed by atoms with Crippen LogP contribution in [0.4, 0.5) is 4.39 Å². The lowest BCUT2D eigenvalue weighted by Crippen LogP contribution is -2.17. The van der Waals surface area contributed by atoms with E-state index in [0.717, 1.165) is 31.2 Å². The summed E-state index contributed by atoms with van der Waals surface area (Å²) in [6.07, 6.45) is 7.43. The molecule has 2 aromatic carbocycles. The van der Waals surface area contributed by atoms with Crippen molar-refractivity contribution in [3.8, 4) is 5.75 Å². The Bertz CT molecular complexity index is 934. The molecule has 3 nitrogen and oxygen atoms in total. The number of rotatable bonds is 9. The number of benzene rings is 2. The van der Waals surface area contributed by atoms with Crippen LogP contribution in [0.5, 0.6) is 5.75 Å². The van der Waals surface area contributed by atoms with Crippen LogP contribution in [-0.4, -0.2) is 19.6 Å². The van der Waals surface area contributed by atoms with Gasteiger partial charge in [0.1, 0.15) is 17.4 Å². The number of hydrogen-bond acceptors (Lipinski definition) is 5. The minimum atomic E-state index is -0.401. The summed E-state index contributed by atoms with van der Waals surface area (Å²) in [5, 5.41) is 2.17. The fourth-order valence-corrected chi connectivity index (χ4v) is 4.69. The molecule has 0 fully saturated rings. The molecule has 2 aromatic rings. The van der Waals surface area contributed by atoms with E-state index in [1.165, 1.54) is 29.0 Å². The van der Waals surface area contributed by atoms with Gasteiger partial charge in [-0.3, -0.25) is 0 Å². The first-order chi connectivity index (χ1) is 14.6. The monoisotopic (exact) mass is 462 g/mol. The number of hydrogen-bond donors (Lipinski definition) is 1. The highest BCUT2D eigenvalue weighted by Crippen LogP contribution is 2.36. The summed E-state index contributed by atoms with van der Waals surface area (Å²) in [7, 11) is 0. The van der Waals surface area contributed by atoms with Gasteiger partial charge in [0, 0.05) is 17.4 Å². The first kappa shape index (κ1) is 22.8. The Labute approximate surface area is 191 Å². The van der Waals surface area contributed by atoms with Crippen molar-refractivity contribution in [2.24, 2.45) is 10.9 Å². The van der Waals surface area contributed by atoms with Gasteiger partial charge in [0.25, 0.3) is 0 Å². The second-order valence-corrected chi connectivity index (χ2v) is 8.74. The number of aliphatic imine (C=N–C) groups is 1. The highest BCUT2D eigenvalue weighted by atomic mass is 35.5. The molecule has 1 aliphatic rings. The fraction of sp³-hybridized carbons (Fsp3) is 0.261. The first-order valence-electron chi connectivity index (χ1n) is 9.62. The molecular weight excluding hydrogens is 439 g/mol. The minimum absolute atomic E-state index is 0.258. The largest absolute Gasteiger partial charge is 0.491 e. The number of halogens is 2. The summed E-state index contributed by atoms with van der Waals surface area (Å²) in [6.45, 7) is 3.95. The maximum absolute atomic E-state index is 14.6. The minimum Gasteiger partial charge on any atom is -0.491 e. The van der Waals surface area contributed by atoms with Crippen molar-refractivity contribution >= 4 is 47.6 Å². The third-order valence-electron chi connectivity index (χ3n) is 4.76. The first-order valence-corrected chi connectivity index (χ1v) is 12.1. The molecule has 7 heteroatoms. The molecule has 0 aliphatic heterocycles. The van der Waals surface area contributed by atoms with Gasteiger partial charge in [0.15, 0.2) is 0 Å². The Hall–Kier alpha value is -1.89. The van der Waals surface area contributed by atoms with Crippen LogP contribution in [0, 0.1) is 11.7 Å². The van der Waals surface area contributed by atoms with E-state index in [0.29, 0.717) is 28.1 Å². The molecule has 0 spiro atoms. The van der Waals surface area contributed by atoms with E-state index in [4.69, 9.17) is 16.3 Å². The summed E-state index contributed by atoms with van der Waals surface area (Å²) < 4.78 is 23.5. The second-order valence-electron chi connectivity index (χ2n) is 6.78. The molecule has 30 heavy (non-hydrogen) atoms. The molecule has 158 valence electrons. The number of nitrogens with zero attached hydrogens (tertiary/aromatic N) is 1. The number of nitrogens with one attached hydrogen (secondary N) is 1. The van der Waals surface area contributed by atoms with Crippen LogP contribution in [-0.2, 0) is 0 Å². The normalized spacial score (nSPS) is 16.7. The maximum atomic E-state index is 14.6. The number of ether oxygens (including phenoxy) is 1. The van der Waals surface area contributed by atoms with Crippen LogP contribution in [0.1, 0.15) is 24.8 Å². The fourth-order valence-electron chi connectivity index (χ4n) is 3.30. The van der Waals surface area contributed by atoms with Gasteiger partial charge >= 0.3 is 0 Å². The van der Waals surface area contributed by atoms with Crippen LogP contribution in [0.3, 0.4) is 0 Å². The second kappa shape index (κ2) is 11.5. The highest BCUT2D eigenvalue weighted by Gasteiger charge is 2.21. The van der Waals surface area contributed by atoms with E-state index in [2.05, 4.69) is 34.6 Å². The average Bonchev–Trinajstić information content (AvgIpc) is 2.78. The third-order valence-corrected chi connectivity index (χ3v) is 6.36. The topological polar surface area (TPSA) is 33.6 Å². The Balaban J connectivity index is 1.67. The smallest absolute Gasteiger partial charge is 0.142 e. The van der Waals surface area contributed by atoms with Gasteiger partial charge in [-0.05, 0) is 61.4 Å². The van der Waals surface area contributed by atoms with Crippen LogP contribution >= 0.6 is 35.3 Å². The van der Waals surface area contributed by atoms with E-state index >= 15 is 0 Å². The molecule has 0 amide bonds. The van der Waals surface area contributed by atoms with E-state index in [1.807, 2.05) is 24.5 Å². The van der Waals surface area contributed by atoms with E-state index in [-0.39, 0.29) is 5.92 Å². The van der Waals surface area contributed by atoms with E-state index in [1.54, 1.807) is 11.5 Å². The molecule has 0 saturated carbocycles. The Morgan fingerprint density at radius 1 is 1.37 bits per heavy atom. The molecule has 0 bridgehead atoms. The van der Waals surface area contributed by atoms with Crippen molar-refractivity contribution in [2.45, 2.75) is 24.2 Å². The van der Waals surface area contributed by atoms with Crippen LogP contribution in [0.25, 0.3) is 5.57 Å². The zero-order valence-electron chi connectivity index (χ0n) is 16.7. The zero-order valence-corrected chi connectivity index (χ0v) is 19.1. The lowest BCUT2D eigenvalue weighted by molar-refractivity contribution is 0.267. The quantitative estimate of drug-likeness (QED) is 0.315. The molecule has 0 heterocycles. The van der Waals surface area contributed by atoms with Crippen molar-refractivity contribution < 1.29 is 9.13 Å². The summed E-state index contributed by atoms with van der Waals surface area (Å²) >= 11 is 8.96. The highest BCUT2D eigenvalue weighted by molar-refractivity contribution is 8.01. The van der Waals surface area contributed by atoms with Crippen molar-refractivity contribution in [1.82, 2.24) is 4.72 Å². The van der Waals surface area contributed by atoms with E-state index < -0.39 is 5.82 Å². The standard InChI is InChI=1S/C23H24ClFN2OS2/c1-26-23(15-29-2)27-30-22-12-19(24)21(13-20(22)25)28-14-17-10-6-7-11-18(17)16-8-4-3-5-9-16/h3-5,8-9,11-13,15,17,27H,1,6-7,10,14H2,2H3/b23-15+. The lowest BCUT2D eigenvalue weighted by Gasteiger charge is -2.25. The summed E-state index contributed by atoms with van der Waals surface area (Å²) in [5.41, 5.74) is 2.51. The Morgan fingerprint density at radius 3 is 2.90 bits per heavy atom. The van der Waals surface area contributed by atoms with Gasteiger partial charge in [-0.25, -0.2) is 9.38 Å². The Morgan fingerprint density at radius 2 is 2.17 bits per heavy atom. The molecule has 3 rings (SSSR count). The SMILES string of the molecule is C=N/C(=C\SC)NSc1cc(Cl)c(OCC2CCCC=C2c2ccccc2)cc1F. The molecule has 0 saturated heterocycles. The Kier molecular flexibility index (Phi) is 8.73. The van der Waals surface area contributed by atoms with Crippen molar-refractivity contribution in [3.63, 3.8) is 0 Å². The lowest BCUT2D eigenvalue weighted by atomic mass is 9.84. The molecule has 1 N–H and O–H groups in total. The van der Waals surface area contributed by atoms with Crippen LogP contribution in [0.15, 0.2) is 69.7 Å². The molecular formula is C23H24ClFN2OS2. The molecule has 1 aliphatic carbocycles. The zero-order chi connectivity index (χ0) is 21.3. The van der Waals surface area contributed by atoms with Crippen LogP contribution < -0.4 is 9.46 Å². The van der Waals surface area contributed by atoms with Crippen molar-refractivity contribution in [2.75, 3.05) is 12.9 Å². The summed E-state index contributed by atoms with van der Waals surface area (Å²) in [5.74, 6) is 0.773. The van der Waals surface area contributed by atoms with Gasteiger partial charge in [-0.15, -0.1) is 11.8 Å². The van der Waals surface area contributed by atoms with Crippen molar-refractivity contribution in [3.05, 3.63) is 76.2 Å². The molecule has 1 atom stereocenters. The van der Waals surface area contributed by atoms with Crippen LogP contribution in [0.2, 0.25) is 5.02 Å². The van der Waals surface area contributed by atoms with Gasteiger partial charge in [-0.2, -0.15) is 0 Å². The predicted octanol–water partition coefficient (Wildman–Crippen LogP) is 7.20. The van der Waals surface area contributed by atoms with E-state index in [9.17, 15) is 4.39 Å². The average molecular weight is 463 g/mol. The molecule has 0 aromatic heterocycles.